The third kappa shape index (κ3) is 3.83. The maximum atomic E-state index is 2.85. The van der Waals surface area contributed by atoms with Gasteiger partial charge in [-0.2, -0.15) is 0 Å². The maximum absolute atomic E-state index is 2.85. The monoisotopic (exact) mass is 333 g/mol. The third-order valence-electron chi connectivity index (χ3n) is 7.43. The smallest absolute Gasteiger partial charge is 0.0110 e. The van der Waals surface area contributed by atoms with Gasteiger partial charge in [0.1, 0.15) is 0 Å². The van der Waals surface area contributed by atoms with Crippen LogP contribution in [-0.2, 0) is 0 Å². The Morgan fingerprint density at radius 2 is 1.62 bits per heavy atom. The topological polar surface area (TPSA) is 9.72 Å². The highest BCUT2D eigenvalue weighted by molar-refractivity contribution is 5.04. The van der Waals surface area contributed by atoms with Crippen molar-refractivity contribution in [1.82, 2.24) is 14.7 Å². The summed E-state index contributed by atoms with van der Waals surface area (Å²) in [6.07, 6.45) is 8.99. The van der Waals surface area contributed by atoms with Crippen molar-refractivity contribution in [3.05, 3.63) is 0 Å². The van der Waals surface area contributed by atoms with E-state index in [2.05, 4.69) is 35.6 Å². The van der Waals surface area contributed by atoms with Gasteiger partial charge in [-0.05, 0) is 74.8 Å². The Bertz CT molecular complexity index is 428. The molecule has 2 aliphatic heterocycles. The number of rotatable bonds is 6. The summed E-state index contributed by atoms with van der Waals surface area (Å²) in [4.78, 5) is 8.05. The van der Waals surface area contributed by atoms with Crippen molar-refractivity contribution in [3.8, 4) is 0 Å². The molecule has 0 atom stereocenters. The fourth-order valence-electron chi connectivity index (χ4n) is 6.13. The van der Waals surface area contributed by atoms with E-state index in [1.807, 2.05) is 0 Å². The van der Waals surface area contributed by atoms with Crippen LogP contribution in [0, 0.1) is 22.7 Å². The highest BCUT2D eigenvalue weighted by Gasteiger charge is 2.51. The van der Waals surface area contributed by atoms with Crippen LogP contribution in [0.4, 0.5) is 0 Å². The van der Waals surface area contributed by atoms with E-state index >= 15 is 0 Å². The van der Waals surface area contributed by atoms with Gasteiger partial charge in [-0.3, -0.25) is 0 Å². The molecule has 1 spiro atoms. The second-order valence-electron chi connectivity index (χ2n) is 10.4. The summed E-state index contributed by atoms with van der Waals surface area (Å²) < 4.78 is 0. The molecule has 2 heterocycles. The second-order valence-corrected chi connectivity index (χ2v) is 10.4. The van der Waals surface area contributed by atoms with Crippen LogP contribution in [0.1, 0.15) is 52.4 Å². The zero-order valence-corrected chi connectivity index (χ0v) is 16.4. The molecule has 2 aliphatic carbocycles. The lowest BCUT2D eigenvalue weighted by Gasteiger charge is -2.48. The Kier molecular flexibility index (Phi) is 4.73. The van der Waals surface area contributed by atoms with Crippen LogP contribution in [-0.4, -0.2) is 74.1 Å². The molecule has 3 nitrogen and oxygen atoms in total. The zero-order valence-electron chi connectivity index (χ0n) is 16.4. The molecule has 4 fully saturated rings. The second kappa shape index (κ2) is 6.55. The van der Waals surface area contributed by atoms with Crippen molar-refractivity contribution in [2.75, 3.05) is 59.4 Å². The summed E-state index contributed by atoms with van der Waals surface area (Å²) in [5, 5.41) is 0. The Hall–Kier alpha value is -0.120. The van der Waals surface area contributed by atoms with Crippen LogP contribution in [0.3, 0.4) is 0 Å². The molecule has 0 radical (unpaired) electrons. The van der Waals surface area contributed by atoms with Gasteiger partial charge >= 0.3 is 0 Å². The van der Waals surface area contributed by atoms with Crippen LogP contribution in [0.2, 0.25) is 0 Å². The molecule has 0 aromatic rings. The molecular weight excluding hydrogens is 294 g/mol. The van der Waals surface area contributed by atoms with Gasteiger partial charge in [0.15, 0.2) is 0 Å². The van der Waals surface area contributed by atoms with Crippen molar-refractivity contribution in [3.63, 3.8) is 0 Å². The first-order chi connectivity index (χ1) is 11.5. The summed E-state index contributed by atoms with van der Waals surface area (Å²) in [6.45, 7) is 15.5. The lowest BCUT2D eigenvalue weighted by molar-refractivity contribution is 0.0236. The Morgan fingerprint density at radius 1 is 0.917 bits per heavy atom. The molecule has 2 saturated heterocycles. The number of likely N-dealkylation sites (tertiary alicyclic amines) is 1. The van der Waals surface area contributed by atoms with E-state index in [4.69, 9.17) is 0 Å². The van der Waals surface area contributed by atoms with E-state index in [0.29, 0.717) is 0 Å². The van der Waals surface area contributed by atoms with Gasteiger partial charge in [0.25, 0.3) is 0 Å². The highest BCUT2D eigenvalue weighted by Crippen LogP contribution is 2.55. The summed E-state index contributed by atoms with van der Waals surface area (Å²) in [7, 11) is 2.26. The lowest BCUT2D eigenvalue weighted by atomic mass is 9.61. The molecule has 0 aromatic carbocycles. The first-order valence-corrected chi connectivity index (χ1v) is 10.6. The molecule has 138 valence electrons. The van der Waals surface area contributed by atoms with Gasteiger partial charge in [-0.1, -0.05) is 13.8 Å². The highest BCUT2D eigenvalue weighted by atomic mass is 15.2. The van der Waals surface area contributed by atoms with Crippen LogP contribution < -0.4 is 0 Å². The minimum atomic E-state index is 0.725. The molecule has 0 aromatic heterocycles. The SMILES string of the molecule is CC(C)CC1(CN2CC[C@]3(C2)C[C@@H](CN2CCN(C)CC2)C3)CC1. The first kappa shape index (κ1) is 17.3. The fraction of sp³-hybridized carbons (Fsp3) is 1.00. The van der Waals surface area contributed by atoms with Crippen LogP contribution in [0.5, 0.6) is 0 Å². The molecule has 24 heavy (non-hydrogen) atoms. The van der Waals surface area contributed by atoms with E-state index in [1.54, 1.807) is 0 Å². The first-order valence-electron chi connectivity index (χ1n) is 10.6. The number of piperazine rings is 1. The van der Waals surface area contributed by atoms with Crippen molar-refractivity contribution >= 4 is 0 Å². The predicted molar refractivity (Wildman–Crippen MR) is 101 cm³/mol. The van der Waals surface area contributed by atoms with Crippen molar-refractivity contribution in [1.29, 1.82) is 0 Å². The van der Waals surface area contributed by atoms with Crippen molar-refractivity contribution in [2.24, 2.45) is 22.7 Å². The van der Waals surface area contributed by atoms with Gasteiger partial charge in [0.2, 0.25) is 0 Å². The molecular formula is C21H39N3. The minimum absolute atomic E-state index is 0.725. The third-order valence-corrected chi connectivity index (χ3v) is 7.43. The van der Waals surface area contributed by atoms with Crippen LogP contribution in [0.25, 0.3) is 0 Å². The molecule has 0 bridgehead atoms. The standard InChI is InChI=1S/C21H39N3/c1-18(2)12-20(4-5-20)16-24-7-6-21(17-24)13-19(14-21)15-23-10-8-22(3)9-11-23/h18-19H,4-17H2,1-3H3/t19-,21+. The van der Waals surface area contributed by atoms with Gasteiger partial charge < -0.3 is 14.7 Å². The van der Waals surface area contributed by atoms with Gasteiger partial charge in [0, 0.05) is 45.8 Å². The Balaban J connectivity index is 1.19. The van der Waals surface area contributed by atoms with Gasteiger partial charge in [0.05, 0.1) is 0 Å². The normalized spacial score (nSPS) is 37.2. The van der Waals surface area contributed by atoms with Gasteiger partial charge in [-0.15, -0.1) is 0 Å². The van der Waals surface area contributed by atoms with Crippen molar-refractivity contribution < 1.29 is 0 Å². The summed E-state index contributed by atoms with van der Waals surface area (Å²) in [5.41, 5.74) is 1.45. The average molecular weight is 334 g/mol. The molecule has 0 N–H and O–H groups in total. The number of hydrogen-bond donors (Lipinski definition) is 0. The molecule has 4 rings (SSSR count). The Morgan fingerprint density at radius 3 is 2.25 bits per heavy atom. The Labute approximate surface area is 149 Å². The molecule has 0 unspecified atom stereocenters. The largest absolute Gasteiger partial charge is 0.304 e. The van der Waals surface area contributed by atoms with Crippen molar-refractivity contribution in [2.45, 2.75) is 52.4 Å². The average Bonchev–Trinajstić information content (AvgIpc) is 3.09. The zero-order chi connectivity index (χ0) is 16.8. The summed E-state index contributed by atoms with van der Waals surface area (Å²) in [5.74, 6) is 1.87. The van der Waals surface area contributed by atoms with E-state index < -0.39 is 0 Å². The number of likely N-dealkylation sites (N-methyl/N-ethyl adjacent to an activating group) is 1. The minimum Gasteiger partial charge on any atom is -0.304 e. The summed E-state index contributed by atoms with van der Waals surface area (Å²) >= 11 is 0. The molecule has 2 saturated carbocycles. The maximum Gasteiger partial charge on any atom is 0.0110 e. The molecule has 3 heteroatoms. The molecule has 0 amide bonds. The predicted octanol–water partition coefficient (Wildman–Crippen LogP) is 3.16. The molecule has 4 aliphatic rings. The van der Waals surface area contributed by atoms with E-state index in [-0.39, 0.29) is 0 Å². The fourth-order valence-corrected chi connectivity index (χ4v) is 6.13. The van der Waals surface area contributed by atoms with Crippen LogP contribution >= 0.6 is 0 Å². The number of hydrogen-bond acceptors (Lipinski definition) is 3. The van der Waals surface area contributed by atoms with E-state index in [1.165, 1.54) is 90.9 Å². The van der Waals surface area contributed by atoms with Crippen LogP contribution in [0.15, 0.2) is 0 Å². The van der Waals surface area contributed by atoms with E-state index in [0.717, 1.165) is 22.7 Å². The van der Waals surface area contributed by atoms with Gasteiger partial charge in [-0.25, -0.2) is 0 Å². The lowest BCUT2D eigenvalue weighted by Crippen LogP contribution is -2.50. The van der Waals surface area contributed by atoms with E-state index in [9.17, 15) is 0 Å². The number of nitrogens with zero attached hydrogens (tertiary/aromatic N) is 3. The summed E-state index contributed by atoms with van der Waals surface area (Å²) in [6, 6.07) is 0. The quantitative estimate of drug-likeness (QED) is 0.739.